The molecule has 3 saturated heterocycles. The van der Waals surface area contributed by atoms with Crippen molar-refractivity contribution in [2.75, 3.05) is 13.1 Å². The Morgan fingerprint density at radius 3 is 2.75 bits per heavy atom. The molecule has 2 unspecified atom stereocenters. The zero-order valence-electron chi connectivity index (χ0n) is 14.0. The molecular weight excluding hydrogens is 309 g/mol. The predicted octanol–water partition coefficient (Wildman–Crippen LogP) is 2.19. The van der Waals surface area contributed by atoms with E-state index in [-0.39, 0.29) is 11.7 Å². The number of hydrogen-bond acceptors (Lipinski definition) is 6. The maximum atomic E-state index is 13.8. The second-order valence-electron chi connectivity index (χ2n) is 7.04. The Morgan fingerprint density at radius 2 is 2.08 bits per heavy atom. The van der Waals surface area contributed by atoms with Gasteiger partial charge in [-0.1, -0.05) is 19.0 Å². The molecule has 0 N–H and O–H groups in total. The molecule has 2 aromatic heterocycles. The van der Waals surface area contributed by atoms with Gasteiger partial charge in [-0.05, 0) is 18.6 Å². The first kappa shape index (κ1) is 15.7. The number of halogens is 1. The summed E-state index contributed by atoms with van der Waals surface area (Å²) in [6.07, 6.45) is 2.84. The van der Waals surface area contributed by atoms with Crippen LogP contribution in [-0.4, -0.2) is 50.1 Å². The third-order valence-electron chi connectivity index (χ3n) is 4.95. The van der Waals surface area contributed by atoms with Crippen LogP contribution in [0, 0.1) is 5.82 Å². The number of pyridine rings is 1. The number of nitrogens with zero attached hydrogens (tertiary/aromatic N) is 5. The molecule has 2 bridgehead atoms. The summed E-state index contributed by atoms with van der Waals surface area (Å²) in [6.45, 7) is 7.25. The monoisotopic (exact) mass is 331 g/mol. The number of hydrogen-bond donors (Lipinski definition) is 0. The van der Waals surface area contributed by atoms with Crippen LogP contribution in [-0.2, 0) is 13.1 Å². The van der Waals surface area contributed by atoms with Crippen LogP contribution in [0.4, 0.5) is 4.39 Å². The lowest BCUT2D eigenvalue weighted by molar-refractivity contribution is -0.0823. The normalized spacial score (nSPS) is 24.3. The van der Waals surface area contributed by atoms with Gasteiger partial charge >= 0.3 is 0 Å². The Labute approximate surface area is 140 Å². The first-order valence-electron chi connectivity index (χ1n) is 8.50. The topological polar surface area (TPSA) is 58.3 Å². The lowest BCUT2D eigenvalue weighted by atomic mass is 9.87. The highest BCUT2D eigenvalue weighted by Gasteiger charge is 2.45. The van der Waals surface area contributed by atoms with Crippen LogP contribution < -0.4 is 0 Å². The standard InChI is InChI=1S/C17H22FN5O/c1-11(2)17-20-16(24-21-17)10-23-12-6-13(23)8-22(7-12)9-15-14(18)4-3-5-19-15/h3-5,11-13H,6-10H2,1-2H3. The Kier molecular flexibility index (Phi) is 4.05. The summed E-state index contributed by atoms with van der Waals surface area (Å²) in [5.74, 6) is 1.52. The lowest BCUT2D eigenvalue weighted by Gasteiger charge is -2.56. The SMILES string of the molecule is CC(C)c1noc(CN2C3CC2CN(Cc2ncccc2F)C3)n1. The summed E-state index contributed by atoms with van der Waals surface area (Å²) in [5.41, 5.74) is 0.531. The van der Waals surface area contributed by atoms with E-state index in [9.17, 15) is 4.39 Å². The van der Waals surface area contributed by atoms with Crippen molar-refractivity contribution < 1.29 is 8.91 Å². The zero-order valence-corrected chi connectivity index (χ0v) is 14.0. The number of piperidine rings is 1. The first-order chi connectivity index (χ1) is 11.6. The van der Waals surface area contributed by atoms with Crippen molar-refractivity contribution in [1.82, 2.24) is 24.9 Å². The Bertz CT molecular complexity index is 707. The highest BCUT2D eigenvalue weighted by atomic mass is 19.1. The van der Waals surface area contributed by atoms with E-state index in [1.54, 1.807) is 12.3 Å². The van der Waals surface area contributed by atoms with Gasteiger partial charge in [0.25, 0.3) is 0 Å². The molecule has 0 saturated carbocycles. The summed E-state index contributed by atoms with van der Waals surface area (Å²) >= 11 is 0. The van der Waals surface area contributed by atoms with Crippen molar-refractivity contribution in [2.24, 2.45) is 0 Å². The van der Waals surface area contributed by atoms with Gasteiger partial charge in [0.1, 0.15) is 5.82 Å². The Balaban J connectivity index is 1.35. The Hall–Kier alpha value is -1.86. The smallest absolute Gasteiger partial charge is 0.240 e. The molecule has 0 aliphatic carbocycles. The molecule has 6 nitrogen and oxygen atoms in total. The number of rotatable bonds is 5. The van der Waals surface area contributed by atoms with Crippen LogP contribution in [0.2, 0.25) is 0 Å². The average molecular weight is 331 g/mol. The quantitative estimate of drug-likeness (QED) is 0.837. The second-order valence-corrected chi connectivity index (χ2v) is 7.04. The zero-order chi connectivity index (χ0) is 16.7. The minimum absolute atomic E-state index is 0.222. The number of fused-ring (bicyclic) bond motifs is 2. The van der Waals surface area contributed by atoms with Gasteiger partial charge < -0.3 is 4.52 Å². The lowest BCUT2D eigenvalue weighted by Crippen LogP contribution is -2.67. The van der Waals surface area contributed by atoms with E-state index < -0.39 is 0 Å². The molecule has 0 spiro atoms. The van der Waals surface area contributed by atoms with Crippen LogP contribution >= 0.6 is 0 Å². The maximum Gasteiger partial charge on any atom is 0.240 e. The Morgan fingerprint density at radius 1 is 1.29 bits per heavy atom. The molecule has 24 heavy (non-hydrogen) atoms. The second kappa shape index (κ2) is 6.22. The largest absolute Gasteiger partial charge is 0.338 e. The molecule has 2 atom stereocenters. The van der Waals surface area contributed by atoms with Gasteiger partial charge in [-0.15, -0.1) is 0 Å². The number of aromatic nitrogens is 3. The molecule has 5 heterocycles. The van der Waals surface area contributed by atoms with Crippen LogP contribution in [0.3, 0.4) is 0 Å². The van der Waals surface area contributed by atoms with Crippen molar-refractivity contribution in [3.63, 3.8) is 0 Å². The van der Waals surface area contributed by atoms with Gasteiger partial charge in [-0.3, -0.25) is 14.8 Å². The molecule has 3 aliphatic rings. The summed E-state index contributed by atoms with van der Waals surface area (Å²) in [6, 6.07) is 4.06. The number of piperazine rings is 1. The van der Waals surface area contributed by atoms with Crippen LogP contribution in [0.15, 0.2) is 22.9 Å². The van der Waals surface area contributed by atoms with E-state index in [0.717, 1.165) is 18.9 Å². The van der Waals surface area contributed by atoms with E-state index in [4.69, 9.17) is 4.52 Å². The molecule has 3 aliphatic heterocycles. The first-order valence-corrected chi connectivity index (χ1v) is 8.50. The molecule has 0 radical (unpaired) electrons. The van der Waals surface area contributed by atoms with E-state index in [2.05, 4.69) is 38.8 Å². The highest BCUT2D eigenvalue weighted by molar-refractivity contribution is 5.09. The summed E-state index contributed by atoms with van der Waals surface area (Å²) < 4.78 is 19.1. The van der Waals surface area contributed by atoms with Crippen molar-refractivity contribution >= 4 is 0 Å². The minimum atomic E-state index is -0.222. The average Bonchev–Trinajstić information content (AvgIpc) is 3.04. The van der Waals surface area contributed by atoms with Crippen LogP contribution in [0.5, 0.6) is 0 Å². The van der Waals surface area contributed by atoms with E-state index in [1.165, 1.54) is 12.5 Å². The highest BCUT2D eigenvalue weighted by Crippen LogP contribution is 2.34. The van der Waals surface area contributed by atoms with Gasteiger partial charge in [0, 0.05) is 43.8 Å². The van der Waals surface area contributed by atoms with Crippen molar-refractivity contribution in [3.8, 4) is 0 Å². The molecular formula is C17H22FN5O. The summed E-state index contributed by atoms with van der Waals surface area (Å²) in [4.78, 5) is 13.3. The molecule has 0 amide bonds. The molecule has 5 rings (SSSR count). The fourth-order valence-electron chi connectivity index (χ4n) is 3.63. The molecule has 7 heteroatoms. The molecule has 2 aromatic rings. The predicted molar refractivity (Wildman–Crippen MR) is 85.6 cm³/mol. The third-order valence-corrected chi connectivity index (χ3v) is 4.95. The van der Waals surface area contributed by atoms with E-state index in [1.807, 2.05) is 0 Å². The maximum absolute atomic E-state index is 13.8. The van der Waals surface area contributed by atoms with E-state index >= 15 is 0 Å². The van der Waals surface area contributed by atoms with Gasteiger partial charge in [-0.25, -0.2) is 4.39 Å². The third kappa shape index (κ3) is 2.93. The van der Waals surface area contributed by atoms with Gasteiger partial charge in [0.05, 0.1) is 12.2 Å². The van der Waals surface area contributed by atoms with Crippen molar-refractivity contribution in [1.29, 1.82) is 0 Å². The molecule has 0 aromatic carbocycles. The minimum Gasteiger partial charge on any atom is -0.338 e. The van der Waals surface area contributed by atoms with Crippen LogP contribution in [0.1, 0.15) is 43.6 Å². The van der Waals surface area contributed by atoms with Gasteiger partial charge in [0.15, 0.2) is 5.82 Å². The van der Waals surface area contributed by atoms with Crippen LogP contribution in [0.25, 0.3) is 0 Å². The van der Waals surface area contributed by atoms with Crippen molar-refractivity contribution in [2.45, 2.75) is 51.4 Å². The van der Waals surface area contributed by atoms with Crippen molar-refractivity contribution in [3.05, 3.63) is 41.6 Å². The van der Waals surface area contributed by atoms with Gasteiger partial charge in [-0.2, -0.15) is 4.98 Å². The molecule has 128 valence electrons. The fraction of sp³-hybridized carbons (Fsp3) is 0.588. The summed E-state index contributed by atoms with van der Waals surface area (Å²) in [7, 11) is 0. The molecule has 3 fully saturated rings. The van der Waals surface area contributed by atoms with Gasteiger partial charge in [0.2, 0.25) is 5.89 Å². The summed E-state index contributed by atoms with van der Waals surface area (Å²) in [5, 5.41) is 4.03. The fourth-order valence-corrected chi connectivity index (χ4v) is 3.63. The van der Waals surface area contributed by atoms with E-state index in [0.29, 0.717) is 36.8 Å².